The highest BCUT2D eigenvalue weighted by molar-refractivity contribution is 7.89. The summed E-state index contributed by atoms with van der Waals surface area (Å²) in [6.45, 7) is 0. The van der Waals surface area contributed by atoms with Gasteiger partial charge in [-0.2, -0.15) is 0 Å². The molecule has 0 spiro atoms. The average molecular weight is 464 g/mol. The molecule has 1 aliphatic carbocycles. The number of ketones is 1. The Hall–Kier alpha value is -2.22. The number of aryl methyl sites for hydroxylation is 1. The summed E-state index contributed by atoms with van der Waals surface area (Å²) >= 11 is 5.85. The molecule has 1 unspecified atom stereocenters. The van der Waals surface area contributed by atoms with Gasteiger partial charge in [0.15, 0.2) is 0 Å². The third-order valence-electron chi connectivity index (χ3n) is 5.44. The maximum Gasteiger partial charge on any atom is 0.303 e. The first-order chi connectivity index (χ1) is 14.7. The number of carboxylic acids is 1. The summed E-state index contributed by atoms with van der Waals surface area (Å²) in [5.74, 6) is -0.760. The van der Waals surface area contributed by atoms with Gasteiger partial charge < -0.3 is 5.11 Å². The lowest BCUT2D eigenvalue weighted by Gasteiger charge is -2.26. The van der Waals surface area contributed by atoms with Crippen molar-refractivity contribution in [2.24, 2.45) is 0 Å². The molecule has 2 N–H and O–H groups in total. The van der Waals surface area contributed by atoms with Crippen molar-refractivity contribution in [2.75, 3.05) is 0 Å². The van der Waals surface area contributed by atoms with E-state index >= 15 is 0 Å². The van der Waals surface area contributed by atoms with E-state index in [0.29, 0.717) is 43.5 Å². The Bertz CT molecular complexity index is 1050. The van der Waals surface area contributed by atoms with E-state index in [2.05, 4.69) is 4.72 Å². The van der Waals surface area contributed by atoms with Crippen molar-refractivity contribution in [3.8, 4) is 0 Å². The molecule has 1 aliphatic rings. The Morgan fingerprint density at radius 2 is 1.74 bits per heavy atom. The predicted molar refractivity (Wildman–Crippen MR) is 119 cm³/mol. The molecule has 166 valence electrons. The third kappa shape index (κ3) is 6.89. The summed E-state index contributed by atoms with van der Waals surface area (Å²) in [4.78, 5) is 22.9. The van der Waals surface area contributed by atoms with Crippen LogP contribution in [0.3, 0.4) is 0 Å². The fourth-order valence-corrected chi connectivity index (χ4v) is 5.23. The van der Waals surface area contributed by atoms with Crippen LogP contribution in [-0.2, 0) is 38.9 Å². The van der Waals surface area contributed by atoms with Gasteiger partial charge in [0.1, 0.15) is 5.78 Å². The number of carbonyl (C=O) groups is 2. The van der Waals surface area contributed by atoms with Crippen LogP contribution in [-0.4, -0.2) is 31.3 Å². The summed E-state index contributed by atoms with van der Waals surface area (Å²) in [6.07, 6.45) is 3.89. The van der Waals surface area contributed by atoms with Crippen LogP contribution < -0.4 is 4.72 Å². The Kier molecular flexibility index (Phi) is 7.86. The number of hydrogen-bond acceptors (Lipinski definition) is 4. The minimum Gasteiger partial charge on any atom is -0.481 e. The van der Waals surface area contributed by atoms with E-state index < -0.39 is 16.0 Å². The molecule has 2 aromatic carbocycles. The highest BCUT2D eigenvalue weighted by atomic mass is 35.5. The first kappa shape index (κ1) is 23.4. The molecule has 2 aromatic rings. The van der Waals surface area contributed by atoms with Crippen molar-refractivity contribution in [1.29, 1.82) is 0 Å². The van der Waals surface area contributed by atoms with Crippen molar-refractivity contribution < 1.29 is 23.1 Å². The molecule has 6 nitrogen and oxygen atoms in total. The quantitative estimate of drug-likeness (QED) is 0.520. The molecule has 0 saturated carbocycles. The van der Waals surface area contributed by atoms with E-state index in [-0.39, 0.29) is 23.1 Å². The number of Topliss-reactive ketones (excluding diaryl/α,β-unsaturated/α-hetero) is 1. The second-order valence-corrected chi connectivity index (χ2v) is 10.1. The van der Waals surface area contributed by atoms with Crippen LogP contribution in [0.1, 0.15) is 48.8 Å². The number of carboxylic acid groups (broad SMARTS) is 1. The van der Waals surface area contributed by atoms with E-state index in [0.717, 1.165) is 17.5 Å². The number of carbonyl (C=O) groups excluding carboxylic acids is 1. The van der Waals surface area contributed by atoms with Crippen LogP contribution >= 0.6 is 11.6 Å². The van der Waals surface area contributed by atoms with Gasteiger partial charge in [0.2, 0.25) is 10.0 Å². The smallest absolute Gasteiger partial charge is 0.303 e. The van der Waals surface area contributed by atoms with Gasteiger partial charge in [0.25, 0.3) is 0 Å². The molecule has 3 rings (SSSR count). The second kappa shape index (κ2) is 10.4. The maximum atomic E-state index is 12.7. The van der Waals surface area contributed by atoms with Crippen LogP contribution in [0.4, 0.5) is 0 Å². The zero-order valence-electron chi connectivity index (χ0n) is 17.1. The van der Waals surface area contributed by atoms with Gasteiger partial charge in [-0.05, 0) is 73.1 Å². The van der Waals surface area contributed by atoms with Crippen LogP contribution in [0.5, 0.6) is 0 Å². The number of sulfonamides is 1. The van der Waals surface area contributed by atoms with Gasteiger partial charge in [-0.3, -0.25) is 9.59 Å². The Morgan fingerprint density at radius 3 is 2.45 bits per heavy atom. The fourth-order valence-electron chi connectivity index (χ4n) is 3.84. The lowest BCUT2D eigenvalue weighted by Crippen LogP contribution is -2.38. The highest BCUT2D eigenvalue weighted by Gasteiger charge is 2.24. The van der Waals surface area contributed by atoms with Gasteiger partial charge in [-0.15, -0.1) is 0 Å². The number of aliphatic carboxylic acids is 1. The highest BCUT2D eigenvalue weighted by Crippen LogP contribution is 2.25. The molecule has 0 amide bonds. The van der Waals surface area contributed by atoms with E-state index in [1.807, 2.05) is 18.2 Å². The van der Waals surface area contributed by atoms with Gasteiger partial charge in [0, 0.05) is 30.3 Å². The van der Waals surface area contributed by atoms with Gasteiger partial charge >= 0.3 is 5.97 Å². The molecule has 0 aliphatic heterocycles. The maximum absolute atomic E-state index is 12.7. The standard InChI is InChI=1S/C23H26ClNO5S/c24-19-8-11-22(12-9-19)31(29,30)25-20-10-7-17-6-5-16(13-18(17)15-20)14-21(26)3-1-2-4-23(27)28/h5-6,8-9,11-13,20,25H,1-4,7,10,14-15H2,(H,27,28). The molecule has 1 atom stereocenters. The van der Waals surface area contributed by atoms with E-state index in [1.54, 1.807) is 12.1 Å². The number of unbranched alkanes of at least 4 members (excludes halogenated alkanes) is 1. The van der Waals surface area contributed by atoms with E-state index in [1.165, 1.54) is 17.7 Å². The number of benzene rings is 2. The van der Waals surface area contributed by atoms with Crippen LogP contribution in [0.15, 0.2) is 47.4 Å². The number of nitrogens with one attached hydrogen (secondary N) is 1. The number of fused-ring (bicyclic) bond motifs is 1. The number of rotatable bonds is 10. The number of halogens is 1. The van der Waals surface area contributed by atoms with Crippen molar-refractivity contribution in [1.82, 2.24) is 4.72 Å². The Labute approximate surface area is 187 Å². The SMILES string of the molecule is O=C(O)CCCCC(=O)Cc1ccc2c(c1)CC(NS(=O)(=O)c1ccc(Cl)cc1)CC2. The molecule has 8 heteroatoms. The first-order valence-electron chi connectivity index (χ1n) is 10.3. The van der Waals surface area contributed by atoms with Crippen LogP contribution in [0.2, 0.25) is 5.02 Å². The van der Waals surface area contributed by atoms with E-state index in [9.17, 15) is 18.0 Å². The lowest BCUT2D eigenvalue weighted by atomic mass is 9.87. The second-order valence-electron chi connectivity index (χ2n) is 7.93. The molecule has 0 radical (unpaired) electrons. The van der Waals surface area contributed by atoms with Crippen molar-refractivity contribution in [3.63, 3.8) is 0 Å². The third-order valence-corrected chi connectivity index (χ3v) is 7.23. The van der Waals surface area contributed by atoms with Gasteiger partial charge in [0.05, 0.1) is 4.90 Å². The molecule has 0 aromatic heterocycles. The molecular formula is C23H26ClNO5S. The van der Waals surface area contributed by atoms with Gasteiger partial charge in [-0.25, -0.2) is 13.1 Å². The summed E-state index contributed by atoms with van der Waals surface area (Å²) < 4.78 is 28.1. The topological polar surface area (TPSA) is 101 Å². The normalized spacial score (nSPS) is 16.0. The average Bonchev–Trinajstić information content (AvgIpc) is 2.71. The lowest BCUT2D eigenvalue weighted by molar-refractivity contribution is -0.137. The first-order valence-corrected chi connectivity index (χ1v) is 12.2. The summed E-state index contributed by atoms with van der Waals surface area (Å²) in [5.41, 5.74) is 3.15. The minimum atomic E-state index is -3.63. The monoisotopic (exact) mass is 463 g/mol. The summed E-state index contributed by atoms with van der Waals surface area (Å²) in [7, 11) is -3.63. The Morgan fingerprint density at radius 1 is 1.03 bits per heavy atom. The zero-order chi connectivity index (χ0) is 22.4. The van der Waals surface area contributed by atoms with Crippen molar-refractivity contribution in [2.45, 2.75) is 62.3 Å². The molecule has 31 heavy (non-hydrogen) atoms. The minimum absolute atomic E-state index is 0.0828. The molecule has 0 heterocycles. The van der Waals surface area contributed by atoms with Gasteiger partial charge in [-0.1, -0.05) is 29.8 Å². The summed E-state index contributed by atoms with van der Waals surface area (Å²) in [5, 5.41) is 9.14. The zero-order valence-corrected chi connectivity index (χ0v) is 18.7. The summed E-state index contributed by atoms with van der Waals surface area (Å²) in [6, 6.07) is 11.8. The van der Waals surface area contributed by atoms with E-state index in [4.69, 9.17) is 16.7 Å². The van der Waals surface area contributed by atoms with Crippen molar-refractivity contribution >= 4 is 33.4 Å². The molecular weight excluding hydrogens is 438 g/mol. The van der Waals surface area contributed by atoms with Crippen LogP contribution in [0, 0.1) is 0 Å². The fraction of sp³-hybridized carbons (Fsp3) is 0.391. The molecule has 0 bridgehead atoms. The predicted octanol–water partition coefficient (Wildman–Crippen LogP) is 3.93. The number of hydrogen-bond donors (Lipinski definition) is 2. The largest absolute Gasteiger partial charge is 0.481 e. The van der Waals surface area contributed by atoms with Crippen molar-refractivity contribution in [3.05, 3.63) is 64.2 Å². The molecule has 0 fully saturated rings. The van der Waals surface area contributed by atoms with Crippen LogP contribution in [0.25, 0.3) is 0 Å². The Balaban J connectivity index is 1.59. The molecule has 0 saturated heterocycles.